The highest BCUT2D eigenvalue weighted by atomic mass is 16.5. The van der Waals surface area contributed by atoms with Crippen LogP contribution in [-0.4, -0.2) is 12.4 Å². The molecule has 3 nitrogen and oxygen atoms in total. The van der Waals surface area contributed by atoms with Crippen LogP contribution < -0.4 is 9.47 Å². The molecule has 0 amide bonds. The Kier molecular flexibility index (Phi) is 3.79. The summed E-state index contributed by atoms with van der Waals surface area (Å²) in [6.07, 6.45) is 3.44. The van der Waals surface area contributed by atoms with Crippen LogP contribution in [0.3, 0.4) is 0 Å². The number of benzene rings is 2. The number of fused-ring (bicyclic) bond motifs is 1. The Morgan fingerprint density at radius 3 is 2.68 bits per heavy atom. The minimum absolute atomic E-state index is 0.0781. The van der Waals surface area contributed by atoms with Crippen molar-refractivity contribution in [3.8, 4) is 11.5 Å². The number of ether oxygens (including phenoxy) is 2. The second kappa shape index (κ2) is 5.90. The number of hydrogen-bond acceptors (Lipinski definition) is 3. The fourth-order valence-corrected chi connectivity index (χ4v) is 2.27. The molecule has 2 aromatic rings. The molecule has 0 bridgehead atoms. The Morgan fingerprint density at radius 1 is 1.18 bits per heavy atom. The quantitative estimate of drug-likeness (QED) is 0.626. The number of carbonyl (C=O) groups is 1. The van der Waals surface area contributed by atoms with E-state index in [1.54, 1.807) is 12.2 Å². The predicted octanol–water partition coefficient (Wildman–Crippen LogP) is 4.18. The number of Topliss-reactive ketones (excluding diaryl/α,β-unsaturated/α-hetero) is 1. The largest absolute Gasteiger partial charge is 0.490 e. The van der Waals surface area contributed by atoms with Gasteiger partial charge in [0.2, 0.25) is 5.78 Å². The Labute approximate surface area is 129 Å². The van der Waals surface area contributed by atoms with Gasteiger partial charge in [0.05, 0.1) is 5.56 Å². The van der Waals surface area contributed by atoms with Gasteiger partial charge in [-0.2, -0.15) is 0 Å². The lowest BCUT2D eigenvalue weighted by Gasteiger charge is -2.03. The lowest BCUT2D eigenvalue weighted by molar-refractivity contribution is 0.101. The summed E-state index contributed by atoms with van der Waals surface area (Å²) in [4.78, 5) is 12.3. The topological polar surface area (TPSA) is 35.5 Å². The van der Waals surface area contributed by atoms with Crippen molar-refractivity contribution < 1.29 is 14.3 Å². The zero-order valence-electron chi connectivity index (χ0n) is 12.3. The van der Waals surface area contributed by atoms with E-state index in [1.165, 1.54) is 0 Å². The van der Waals surface area contributed by atoms with Crippen molar-refractivity contribution in [2.45, 2.75) is 6.92 Å². The summed E-state index contributed by atoms with van der Waals surface area (Å²) in [7, 11) is 0. The second-order valence-electron chi connectivity index (χ2n) is 5.11. The highest BCUT2D eigenvalue weighted by Gasteiger charge is 2.26. The molecule has 3 heteroatoms. The number of allylic oxidation sites excluding steroid dienone is 1. The first-order chi connectivity index (χ1) is 10.7. The number of carbonyl (C=O) groups excluding carboxylic acids is 1. The lowest BCUT2D eigenvalue weighted by Crippen LogP contribution is -1.98. The highest BCUT2D eigenvalue weighted by molar-refractivity contribution is 6.14. The molecular formula is C19H16O3. The molecule has 0 radical (unpaired) electrons. The first-order valence-electron chi connectivity index (χ1n) is 7.06. The molecule has 1 aliphatic rings. The molecule has 0 saturated heterocycles. The Balaban J connectivity index is 1.82. The van der Waals surface area contributed by atoms with E-state index in [4.69, 9.17) is 9.47 Å². The maximum absolute atomic E-state index is 12.3. The number of ketones is 1. The normalized spacial score (nSPS) is 14.6. The van der Waals surface area contributed by atoms with Crippen LogP contribution in [0.1, 0.15) is 21.5 Å². The van der Waals surface area contributed by atoms with Crippen molar-refractivity contribution >= 4 is 11.9 Å². The third-order valence-corrected chi connectivity index (χ3v) is 3.37. The molecular weight excluding hydrogens is 276 g/mol. The van der Waals surface area contributed by atoms with E-state index in [0.717, 1.165) is 16.9 Å². The molecule has 0 aromatic heterocycles. The Morgan fingerprint density at radius 2 is 1.95 bits per heavy atom. The van der Waals surface area contributed by atoms with Gasteiger partial charge in [0.25, 0.3) is 0 Å². The summed E-state index contributed by atoms with van der Waals surface area (Å²) in [6.45, 7) is 6.03. The molecule has 0 N–H and O–H groups in total. The third-order valence-electron chi connectivity index (χ3n) is 3.37. The maximum Gasteiger partial charge on any atom is 0.231 e. The summed E-state index contributed by atoms with van der Waals surface area (Å²) in [5, 5.41) is 0. The van der Waals surface area contributed by atoms with Gasteiger partial charge in [-0.05, 0) is 42.8 Å². The number of aryl methyl sites for hydroxylation is 1. The highest BCUT2D eigenvalue weighted by Crippen LogP contribution is 2.32. The average Bonchev–Trinajstić information content (AvgIpc) is 2.83. The Hall–Kier alpha value is -2.81. The van der Waals surface area contributed by atoms with Crippen LogP contribution in [0.5, 0.6) is 11.5 Å². The molecule has 0 aliphatic carbocycles. The van der Waals surface area contributed by atoms with E-state index >= 15 is 0 Å². The number of hydrogen-bond donors (Lipinski definition) is 0. The van der Waals surface area contributed by atoms with E-state index in [-0.39, 0.29) is 5.78 Å². The minimum Gasteiger partial charge on any atom is -0.490 e. The van der Waals surface area contributed by atoms with Crippen LogP contribution in [0.4, 0.5) is 0 Å². The van der Waals surface area contributed by atoms with E-state index in [2.05, 4.69) is 6.58 Å². The summed E-state index contributed by atoms with van der Waals surface area (Å²) in [5.41, 5.74) is 2.55. The predicted molar refractivity (Wildman–Crippen MR) is 86.2 cm³/mol. The first-order valence-corrected chi connectivity index (χ1v) is 7.06. The molecule has 22 heavy (non-hydrogen) atoms. The standard InChI is InChI=1S/C19H16O3/c1-3-10-21-15-7-5-14(6-8-15)12-18-19(20)16-11-13(2)4-9-17(16)22-18/h3-9,11-12H,1,10H2,2H3/b18-12-. The zero-order valence-corrected chi connectivity index (χ0v) is 12.3. The zero-order chi connectivity index (χ0) is 15.5. The maximum atomic E-state index is 12.3. The minimum atomic E-state index is -0.0781. The molecule has 1 aliphatic heterocycles. The van der Waals surface area contributed by atoms with Gasteiger partial charge in [-0.25, -0.2) is 0 Å². The molecule has 3 rings (SSSR count). The van der Waals surface area contributed by atoms with Gasteiger partial charge in [-0.1, -0.05) is 36.4 Å². The van der Waals surface area contributed by atoms with Crippen LogP contribution in [-0.2, 0) is 0 Å². The van der Waals surface area contributed by atoms with E-state index in [9.17, 15) is 4.79 Å². The van der Waals surface area contributed by atoms with Crippen LogP contribution in [0.25, 0.3) is 6.08 Å². The molecule has 0 spiro atoms. The summed E-state index contributed by atoms with van der Waals surface area (Å²) in [6, 6.07) is 13.1. The third kappa shape index (κ3) is 2.79. The van der Waals surface area contributed by atoms with Crippen molar-refractivity contribution in [2.24, 2.45) is 0 Å². The average molecular weight is 292 g/mol. The van der Waals surface area contributed by atoms with Crippen LogP contribution in [0, 0.1) is 6.92 Å². The summed E-state index contributed by atoms with van der Waals surface area (Å²) in [5.74, 6) is 1.65. The van der Waals surface area contributed by atoms with Crippen molar-refractivity contribution in [1.82, 2.24) is 0 Å². The molecule has 0 fully saturated rings. The fraction of sp³-hybridized carbons (Fsp3) is 0.105. The van der Waals surface area contributed by atoms with Crippen LogP contribution in [0.15, 0.2) is 60.9 Å². The number of rotatable bonds is 4. The molecule has 0 unspecified atom stereocenters. The van der Waals surface area contributed by atoms with E-state index in [0.29, 0.717) is 23.7 Å². The van der Waals surface area contributed by atoms with Crippen molar-refractivity contribution in [1.29, 1.82) is 0 Å². The molecule has 110 valence electrons. The Bertz CT molecular complexity index is 755. The van der Waals surface area contributed by atoms with Crippen LogP contribution >= 0.6 is 0 Å². The van der Waals surface area contributed by atoms with Crippen molar-refractivity contribution in [3.63, 3.8) is 0 Å². The van der Waals surface area contributed by atoms with Gasteiger partial charge in [-0.15, -0.1) is 0 Å². The SMILES string of the molecule is C=CCOc1ccc(/C=C2\Oc3ccc(C)cc3C2=O)cc1. The lowest BCUT2D eigenvalue weighted by atomic mass is 10.1. The monoisotopic (exact) mass is 292 g/mol. The molecule has 2 aromatic carbocycles. The van der Waals surface area contributed by atoms with Gasteiger partial charge in [0, 0.05) is 0 Å². The fourth-order valence-electron chi connectivity index (χ4n) is 2.27. The van der Waals surface area contributed by atoms with Crippen LogP contribution in [0.2, 0.25) is 0 Å². The van der Waals surface area contributed by atoms with Crippen molar-refractivity contribution in [2.75, 3.05) is 6.61 Å². The van der Waals surface area contributed by atoms with E-state index in [1.807, 2.05) is 49.4 Å². The first kappa shape index (κ1) is 14.1. The van der Waals surface area contributed by atoms with Crippen molar-refractivity contribution in [3.05, 3.63) is 77.6 Å². The molecule has 0 atom stereocenters. The van der Waals surface area contributed by atoms with Gasteiger partial charge < -0.3 is 9.47 Å². The second-order valence-corrected chi connectivity index (χ2v) is 5.11. The van der Waals surface area contributed by atoms with Gasteiger partial charge >= 0.3 is 0 Å². The van der Waals surface area contributed by atoms with Gasteiger partial charge in [-0.3, -0.25) is 4.79 Å². The van der Waals surface area contributed by atoms with E-state index < -0.39 is 0 Å². The van der Waals surface area contributed by atoms with Gasteiger partial charge in [0.1, 0.15) is 18.1 Å². The summed E-state index contributed by atoms with van der Waals surface area (Å²) < 4.78 is 11.1. The molecule has 1 heterocycles. The molecule has 0 saturated carbocycles. The van der Waals surface area contributed by atoms with Gasteiger partial charge in [0.15, 0.2) is 5.76 Å². The smallest absolute Gasteiger partial charge is 0.231 e. The summed E-state index contributed by atoms with van der Waals surface area (Å²) >= 11 is 0.